The molecule has 4 rings (SSSR count). The van der Waals surface area contributed by atoms with Gasteiger partial charge in [-0.15, -0.1) is 0 Å². The van der Waals surface area contributed by atoms with Crippen molar-refractivity contribution in [2.45, 2.75) is 25.7 Å². The minimum atomic E-state index is -0.187. The number of rotatable bonds is 9. The Kier molecular flexibility index (Phi) is 7.69. The van der Waals surface area contributed by atoms with Gasteiger partial charge in [-0.1, -0.05) is 30.3 Å². The van der Waals surface area contributed by atoms with E-state index < -0.39 is 0 Å². The molecular formula is C26H32N4O2. The largest absolute Gasteiger partial charge is 0.395 e. The first-order chi connectivity index (χ1) is 15.7. The van der Waals surface area contributed by atoms with Crippen molar-refractivity contribution in [3.63, 3.8) is 0 Å². The number of nitrogens with zero attached hydrogens (tertiary/aromatic N) is 1. The second-order valence-electron chi connectivity index (χ2n) is 8.41. The van der Waals surface area contributed by atoms with Crippen molar-refractivity contribution < 1.29 is 9.90 Å². The Morgan fingerprint density at radius 1 is 1.12 bits per heavy atom. The molecule has 6 nitrogen and oxygen atoms in total. The van der Waals surface area contributed by atoms with Crippen molar-refractivity contribution in [2.24, 2.45) is 5.92 Å². The Labute approximate surface area is 189 Å². The summed E-state index contributed by atoms with van der Waals surface area (Å²) in [5.74, 6) is 0.607. The molecule has 4 N–H and O–H groups in total. The van der Waals surface area contributed by atoms with Crippen molar-refractivity contribution in [3.8, 4) is 11.3 Å². The van der Waals surface area contributed by atoms with E-state index >= 15 is 0 Å². The van der Waals surface area contributed by atoms with E-state index in [1.54, 1.807) is 12.1 Å². The molecule has 0 spiro atoms. The van der Waals surface area contributed by atoms with E-state index in [4.69, 9.17) is 10.1 Å². The van der Waals surface area contributed by atoms with Crippen LogP contribution in [-0.4, -0.2) is 48.8 Å². The number of hydrogen-bond acceptors (Lipinski definition) is 5. The van der Waals surface area contributed by atoms with Crippen LogP contribution in [0.4, 0.5) is 5.69 Å². The Balaban J connectivity index is 1.48. The maximum atomic E-state index is 12.1. The summed E-state index contributed by atoms with van der Waals surface area (Å²) in [4.78, 5) is 16.9. The number of piperidine rings is 1. The standard InChI is InChI=1S/C26H32N4O2/c31-16-15-29-26(32)21-11-9-20(10-12-21)24-17-25(22-7-1-2-8-23(22)30-24)28-14-4-6-19-5-3-13-27-18-19/h1-2,7-12,17,19,27,31H,3-6,13-16,18H2,(H,28,30)(H,29,32). The zero-order chi connectivity index (χ0) is 22.2. The summed E-state index contributed by atoms with van der Waals surface area (Å²) in [5, 5.41) is 19.8. The summed E-state index contributed by atoms with van der Waals surface area (Å²) in [6, 6.07) is 17.7. The predicted octanol–water partition coefficient (Wildman–Crippen LogP) is 3.82. The molecule has 1 saturated heterocycles. The summed E-state index contributed by atoms with van der Waals surface area (Å²) in [5.41, 5.74) is 4.46. The van der Waals surface area contributed by atoms with Gasteiger partial charge in [0.1, 0.15) is 0 Å². The van der Waals surface area contributed by atoms with Gasteiger partial charge in [0.2, 0.25) is 0 Å². The topological polar surface area (TPSA) is 86.3 Å². The molecule has 0 radical (unpaired) electrons. The fourth-order valence-corrected chi connectivity index (χ4v) is 4.32. The normalized spacial score (nSPS) is 16.1. The Morgan fingerprint density at radius 2 is 1.97 bits per heavy atom. The monoisotopic (exact) mass is 432 g/mol. The molecule has 6 heteroatoms. The van der Waals surface area contributed by atoms with Gasteiger partial charge in [0.25, 0.3) is 5.91 Å². The lowest BCUT2D eigenvalue weighted by Crippen LogP contribution is -2.29. The summed E-state index contributed by atoms with van der Waals surface area (Å²) in [7, 11) is 0. The van der Waals surface area contributed by atoms with Gasteiger partial charge in [-0.2, -0.15) is 0 Å². The average Bonchev–Trinajstić information content (AvgIpc) is 2.85. The second kappa shape index (κ2) is 11.1. The first-order valence-corrected chi connectivity index (χ1v) is 11.6. The molecule has 1 fully saturated rings. The Bertz CT molecular complexity index is 1030. The lowest BCUT2D eigenvalue weighted by molar-refractivity contribution is 0.0945. The van der Waals surface area contributed by atoms with Crippen molar-refractivity contribution >= 4 is 22.5 Å². The lowest BCUT2D eigenvalue weighted by atomic mass is 9.95. The van der Waals surface area contributed by atoms with E-state index in [1.165, 1.54) is 19.3 Å². The second-order valence-corrected chi connectivity index (χ2v) is 8.41. The highest BCUT2D eigenvalue weighted by Crippen LogP contribution is 2.29. The number of carbonyl (C=O) groups is 1. The molecule has 168 valence electrons. The molecule has 1 aliphatic heterocycles. The van der Waals surface area contributed by atoms with E-state index in [1.807, 2.05) is 30.3 Å². The van der Waals surface area contributed by atoms with Crippen molar-refractivity contribution in [3.05, 3.63) is 60.2 Å². The van der Waals surface area contributed by atoms with Crippen LogP contribution in [0.3, 0.4) is 0 Å². The fraction of sp³-hybridized carbons (Fsp3) is 0.385. The van der Waals surface area contributed by atoms with E-state index in [-0.39, 0.29) is 19.1 Å². The van der Waals surface area contributed by atoms with E-state index in [9.17, 15) is 4.79 Å². The molecule has 32 heavy (non-hydrogen) atoms. The van der Waals surface area contributed by atoms with Crippen LogP contribution >= 0.6 is 0 Å². The number of carbonyl (C=O) groups excluding carboxylic acids is 1. The van der Waals surface area contributed by atoms with Gasteiger partial charge in [-0.3, -0.25) is 4.79 Å². The maximum Gasteiger partial charge on any atom is 0.251 e. The number of anilines is 1. The van der Waals surface area contributed by atoms with Crippen LogP contribution in [0.5, 0.6) is 0 Å². The number of fused-ring (bicyclic) bond motifs is 1. The number of nitrogens with one attached hydrogen (secondary N) is 3. The predicted molar refractivity (Wildman–Crippen MR) is 130 cm³/mol. The number of benzene rings is 2. The highest BCUT2D eigenvalue weighted by molar-refractivity contribution is 5.96. The third-order valence-corrected chi connectivity index (χ3v) is 6.06. The SMILES string of the molecule is O=C(NCCO)c1ccc(-c2cc(NCCCC3CCCNC3)c3ccccc3n2)cc1. The summed E-state index contributed by atoms with van der Waals surface area (Å²) in [6.07, 6.45) is 5.02. The molecule has 1 aliphatic rings. The van der Waals surface area contributed by atoms with Gasteiger partial charge in [0.05, 0.1) is 17.8 Å². The van der Waals surface area contributed by atoms with Crippen LogP contribution in [0, 0.1) is 5.92 Å². The molecule has 1 atom stereocenters. The number of amides is 1. The van der Waals surface area contributed by atoms with Crippen LogP contribution in [0.15, 0.2) is 54.6 Å². The van der Waals surface area contributed by atoms with Crippen molar-refractivity contribution in [1.29, 1.82) is 0 Å². The minimum Gasteiger partial charge on any atom is -0.395 e. The summed E-state index contributed by atoms with van der Waals surface area (Å²) < 4.78 is 0. The van der Waals surface area contributed by atoms with Gasteiger partial charge in [-0.05, 0) is 69.0 Å². The van der Waals surface area contributed by atoms with Gasteiger partial charge in [-0.25, -0.2) is 4.98 Å². The molecule has 1 amide bonds. The highest BCUT2D eigenvalue weighted by atomic mass is 16.3. The maximum absolute atomic E-state index is 12.1. The third-order valence-electron chi connectivity index (χ3n) is 6.06. The third kappa shape index (κ3) is 5.64. The highest BCUT2D eigenvalue weighted by Gasteiger charge is 2.13. The minimum absolute atomic E-state index is 0.0713. The fourth-order valence-electron chi connectivity index (χ4n) is 4.32. The van der Waals surface area contributed by atoms with Crippen LogP contribution in [0.1, 0.15) is 36.0 Å². The van der Waals surface area contributed by atoms with Gasteiger partial charge < -0.3 is 21.1 Å². The van der Waals surface area contributed by atoms with Crippen LogP contribution in [0.25, 0.3) is 22.2 Å². The Hall–Kier alpha value is -2.96. The smallest absolute Gasteiger partial charge is 0.251 e. The quantitative estimate of drug-likeness (QED) is 0.386. The Morgan fingerprint density at radius 3 is 2.75 bits per heavy atom. The number of pyridine rings is 1. The molecule has 0 bridgehead atoms. The van der Waals surface area contributed by atoms with E-state index in [0.717, 1.165) is 59.8 Å². The van der Waals surface area contributed by atoms with Crippen LogP contribution in [0.2, 0.25) is 0 Å². The van der Waals surface area contributed by atoms with Crippen molar-refractivity contribution in [2.75, 3.05) is 38.1 Å². The zero-order valence-corrected chi connectivity index (χ0v) is 18.4. The van der Waals surface area contributed by atoms with Crippen LogP contribution < -0.4 is 16.0 Å². The number of aliphatic hydroxyl groups is 1. The van der Waals surface area contributed by atoms with Gasteiger partial charge >= 0.3 is 0 Å². The molecule has 3 aromatic rings. The van der Waals surface area contributed by atoms with Crippen molar-refractivity contribution in [1.82, 2.24) is 15.6 Å². The van der Waals surface area contributed by atoms with Gasteiger partial charge in [0, 0.05) is 35.3 Å². The molecule has 1 aromatic heterocycles. The number of aromatic nitrogens is 1. The van der Waals surface area contributed by atoms with Gasteiger partial charge in [0.15, 0.2) is 0 Å². The summed E-state index contributed by atoms with van der Waals surface area (Å²) in [6.45, 7) is 3.43. The van der Waals surface area contributed by atoms with E-state index in [0.29, 0.717) is 5.56 Å². The first kappa shape index (κ1) is 22.2. The molecule has 1 unspecified atom stereocenters. The number of para-hydroxylation sites is 1. The lowest BCUT2D eigenvalue weighted by Gasteiger charge is -2.22. The number of aliphatic hydroxyl groups excluding tert-OH is 1. The molecular weight excluding hydrogens is 400 g/mol. The molecule has 0 aliphatic carbocycles. The molecule has 2 heterocycles. The average molecular weight is 433 g/mol. The van der Waals surface area contributed by atoms with E-state index in [2.05, 4.69) is 28.1 Å². The zero-order valence-electron chi connectivity index (χ0n) is 18.4. The number of hydrogen-bond donors (Lipinski definition) is 4. The molecule has 2 aromatic carbocycles. The van der Waals surface area contributed by atoms with Crippen LogP contribution in [-0.2, 0) is 0 Å². The molecule has 0 saturated carbocycles. The first-order valence-electron chi connectivity index (χ1n) is 11.6. The summed E-state index contributed by atoms with van der Waals surface area (Å²) >= 11 is 0.